The Labute approximate surface area is 235 Å². The number of hydrogen-bond acceptors (Lipinski definition) is 8. The molecule has 1 heterocycles. The molecule has 0 spiro atoms. The number of aliphatic hydroxyl groups excluding tert-OH is 1. The molecule has 0 amide bonds. The van der Waals surface area contributed by atoms with Crippen molar-refractivity contribution in [2.45, 2.75) is 48.5 Å². The fourth-order valence-corrected chi connectivity index (χ4v) is 6.47. The van der Waals surface area contributed by atoms with Gasteiger partial charge in [0.05, 0.1) is 28.9 Å². The monoisotopic (exact) mass is 593 g/mol. The Morgan fingerprint density at radius 3 is 2.51 bits per heavy atom. The van der Waals surface area contributed by atoms with Crippen molar-refractivity contribution in [3.05, 3.63) is 63.2 Å². The molecule has 1 aromatic heterocycles. The highest BCUT2D eigenvalue weighted by molar-refractivity contribution is 7.91. The smallest absolute Gasteiger partial charge is 0.298 e. The fraction of sp³-hybridized carbons (Fsp3) is 0.429. The molecule has 3 N–H and O–H groups in total. The Bertz CT molecular complexity index is 1660. The lowest BCUT2D eigenvalue weighted by molar-refractivity contribution is -0.0583. The summed E-state index contributed by atoms with van der Waals surface area (Å²) in [4.78, 5) is 12.8. The van der Waals surface area contributed by atoms with Crippen LogP contribution in [0.4, 0.5) is 19.0 Å². The van der Waals surface area contributed by atoms with Crippen LogP contribution < -0.4 is 15.6 Å². The molecule has 2 aromatic carbocycles. The molecule has 0 bridgehead atoms. The summed E-state index contributed by atoms with van der Waals surface area (Å²) in [6.45, 7) is -1.59. The van der Waals surface area contributed by atoms with Crippen molar-refractivity contribution < 1.29 is 36.2 Å². The maximum absolute atomic E-state index is 15.2. The minimum atomic E-state index is -3.84. The predicted molar refractivity (Wildman–Crippen MR) is 147 cm³/mol. The van der Waals surface area contributed by atoms with Crippen molar-refractivity contribution in [2.24, 2.45) is 0 Å². The summed E-state index contributed by atoms with van der Waals surface area (Å²) in [6.07, 6.45) is 8.27. The average Bonchev–Trinajstić information content (AvgIpc) is 2.96. The summed E-state index contributed by atoms with van der Waals surface area (Å²) in [7, 11) is -0.319. The second kappa shape index (κ2) is 11.3. The summed E-state index contributed by atoms with van der Waals surface area (Å²) in [5.74, 6) is -2.44. The van der Waals surface area contributed by atoms with Crippen molar-refractivity contribution in [2.75, 3.05) is 32.4 Å². The van der Waals surface area contributed by atoms with Gasteiger partial charge in [-0.25, -0.2) is 17.9 Å². The van der Waals surface area contributed by atoms with Gasteiger partial charge in [-0.3, -0.25) is 4.79 Å². The Balaban J connectivity index is 1.83. The van der Waals surface area contributed by atoms with Crippen LogP contribution in [0.3, 0.4) is 0 Å². The van der Waals surface area contributed by atoms with Crippen LogP contribution in [0, 0.1) is 18.2 Å². The minimum Gasteiger partial charge on any atom is -0.496 e. The molecule has 13 heteroatoms. The normalized spacial score (nSPS) is 20.4. The molecule has 220 valence electrons. The predicted octanol–water partition coefficient (Wildman–Crippen LogP) is 3.77. The van der Waals surface area contributed by atoms with Gasteiger partial charge in [0.2, 0.25) is 0 Å². The summed E-state index contributed by atoms with van der Waals surface area (Å²) in [5.41, 5.74) is -2.26. The Kier molecular flexibility index (Phi) is 8.40. The largest absolute Gasteiger partial charge is 0.496 e. The van der Waals surface area contributed by atoms with Crippen LogP contribution in [-0.2, 0) is 26.1 Å². The van der Waals surface area contributed by atoms with E-state index in [2.05, 4.69) is 21.4 Å². The lowest BCUT2D eigenvalue weighted by Crippen LogP contribution is -2.38. The third-order valence-corrected chi connectivity index (χ3v) is 9.40. The van der Waals surface area contributed by atoms with Gasteiger partial charge in [-0.05, 0) is 43.9 Å². The number of sulfone groups is 1. The number of aliphatic hydroxyl groups is 1. The van der Waals surface area contributed by atoms with E-state index in [1.807, 2.05) is 0 Å². The average molecular weight is 594 g/mol. The van der Waals surface area contributed by atoms with Gasteiger partial charge in [0.1, 0.15) is 34.1 Å². The van der Waals surface area contributed by atoms with Crippen LogP contribution in [0.25, 0.3) is 10.8 Å². The molecule has 1 saturated carbocycles. The molecule has 1 aliphatic carbocycles. The standard InChI is InChI=1S/C28H30F3N3O6S/c1-5-22(17-7-6-8-20(24(17)29)28(30,31)15-35)32-25-18-13-21(23(39-2)14-19(18)26(36)34-33-25)27(40-3)11-9-16(10-12-27)41(4,37)38/h1,6-8,13-14,16,22,35H,9-12,15H2,2-4H3,(H,32,33)(H,34,36)/t16?,22-,27?/m1/s1. The summed E-state index contributed by atoms with van der Waals surface area (Å²) >= 11 is 0. The number of benzene rings is 2. The van der Waals surface area contributed by atoms with Gasteiger partial charge in [0, 0.05) is 29.9 Å². The molecule has 0 unspecified atom stereocenters. The molecule has 0 saturated heterocycles. The first-order chi connectivity index (χ1) is 19.3. The third-order valence-electron chi connectivity index (χ3n) is 7.72. The van der Waals surface area contributed by atoms with Gasteiger partial charge < -0.3 is 19.9 Å². The number of terminal acetylenes is 1. The Morgan fingerprint density at radius 2 is 1.95 bits per heavy atom. The van der Waals surface area contributed by atoms with Gasteiger partial charge in [0.25, 0.3) is 11.5 Å². The highest BCUT2D eigenvalue weighted by atomic mass is 32.2. The molecule has 3 aromatic rings. The number of halogens is 3. The van der Waals surface area contributed by atoms with E-state index in [-0.39, 0.29) is 22.2 Å². The van der Waals surface area contributed by atoms with Crippen LogP contribution in [-0.4, -0.2) is 56.1 Å². The molecule has 41 heavy (non-hydrogen) atoms. The van der Waals surface area contributed by atoms with E-state index >= 15 is 4.39 Å². The van der Waals surface area contributed by atoms with Crippen LogP contribution in [0.1, 0.15) is 48.4 Å². The number of aromatic nitrogens is 2. The molecule has 1 atom stereocenters. The van der Waals surface area contributed by atoms with E-state index in [0.29, 0.717) is 37.0 Å². The Hall–Kier alpha value is -3.60. The second-order valence-corrected chi connectivity index (χ2v) is 12.4. The zero-order valence-corrected chi connectivity index (χ0v) is 23.4. The van der Waals surface area contributed by atoms with E-state index in [1.165, 1.54) is 38.7 Å². The highest BCUT2D eigenvalue weighted by Crippen LogP contribution is 2.46. The van der Waals surface area contributed by atoms with Crippen molar-refractivity contribution in [3.8, 4) is 18.1 Å². The molecule has 1 aliphatic rings. The van der Waals surface area contributed by atoms with Crippen LogP contribution in [0.15, 0.2) is 35.1 Å². The third kappa shape index (κ3) is 5.64. The number of alkyl halides is 2. The first-order valence-corrected chi connectivity index (χ1v) is 14.6. The molecule has 9 nitrogen and oxygen atoms in total. The number of nitrogens with one attached hydrogen (secondary N) is 2. The summed E-state index contributed by atoms with van der Waals surface area (Å²) < 4.78 is 79.4. The maximum Gasteiger partial charge on any atom is 0.298 e. The van der Waals surface area contributed by atoms with Crippen LogP contribution in [0.5, 0.6) is 5.75 Å². The lowest BCUT2D eigenvalue weighted by Gasteiger charge is -2.39. The second-order valence-electron chi connectivity index (χ2n) is 10.0. The van der Waals surface area contributed by atoms with Crippen molar-refractivity contribution >= 4 is 26.4 Å². The van der Waals surface area contributed by atoms with Crippen molar-refractivity contribution in [3.63, 3.8) is 0 Å². The first-order valence-electron chi connectivity index (χ1n) is 12.7. The topological polar surface area (TPSA) is 131 Å². The SMILES string of the molecule is C#C[C@@H](Nc1n[nH]c(=O)c2cc(OC)c(C3(OC)CCC(S(C)(=O)=O)CC3)cc12)c1cccc(C(F)(F)CO)c1F. The van der Waals surface area contributed by atoms with E-state index in [0.717, 1.165) is 6.07 Å². The number of aromatic amines is 1. The number of anilines is 1. The van der Waals surface area contributed by atoms with Crippen molar-refractivity contribution in [1.29, 1.82) is 0 Å². The van der Waals surface area contributed by atoms with E-state index in [9.17, 15) is 22.0 Å². The van der Waals surface area contributed by atoms with Gasteiger partial charge in [-0.15, -0.1) is 6.42 Å². The Morgan fingerprint density at radius 1 is 1.27 bits per heavy atom. The molecule has 0 radical (unpaired) electrons. The summed E-state index contributed by atoms with van der Waals surface area (Å²) in [6, 6.07) is 5.11. The number of fused-ring (bicyclic) bond motifs is 1. The summed E-state index contributed by atoms with van der Waals surface area (Å²) in [5, 5.41) is 18.2. The molecule has 1 fully saturated rings. The van der Waals surface area contributed by atoms with Gasteiger partial charge in [-0.1, -0.05) is 18.1 Å². The van der Waals surface area contributed by atoms with Gasteiger partial charge in [0.15, 0.2) is 5.82 Å². The number of ether oxygens (including phenoxy) is 2. The quantitative estimate of drug-likeness (QED) is 0.320. The fourth-order valence-electron chi connectivity index (χ4n) is 5.38. The van der Waals surface area contributed by atoms with Crippen LogP contribution >= 0.6 is 0 Å². The van der Waals surface area contributed by atoms with Crippen molar-refractivity contribution in [1.82, 2.24) is 10.2 Å². The van der Waals surface area contributed by atoms with Crippen LogP contribution in [0.2, 0.25) is 0 Å². The number of nitrogens with zero attached hydrogens (tertiary/aromatic N) is 1. The number of rotatable bonds is 9. The van der Waals surface area contributed by atoms with E-state index in [4.69, 9.17) is 21.0 Å². The number of H-pyrrole nitrogens is 1. The lowest BCUT2D eigenvalue weighted by atomic mass is 9.78. The number of hydrogen-bond donors (Lipinski definition) is 3. The minimum absolute atomic E-state index is 0.0289. The first kappa shape index (κ1) is 30.4. The van der Waals surface area contributed by atoms with E-state index in [1.54, 1.807) is 6.07 Å². The molecular formula is C28H30F3N3O6S. The molecular weight excluding hydrogens is 563 g/mol. The maximum atomic E-state index is 15.2. The zero-order chi connectivity index (χ0) is 30.2. The highest BCUT2D eigenvalue weighted by Gasteiger charge is 2.42. The molecule has 4 rings (SSSR count). The zero-order valence-electron chi connectivity index (χ0n) is 22.6. The van der Waals surface area contributed by atoms with Gasteiger partial charge in [-0.2, -0.15) is 13.9 Å². The number of methoxy groups -OCH3 is 2. The molecule has 0 aliphatic heterocycles. The van der Waals surface area contributed by atoms with E-state index < -0.39 is 56.2 Å². The van der Waals surface area contributed by atoms with Gasteiger partial charge >= 0.3 is 0 Å².